The number of carbonyl (C=O) groups excluding carboxylic acids is 1. The van der Waals surface area contributed by atoms with Crippen molar-refractivity contribution in [2.75, 3.05) is 11.4 Å². The van der Waals surface area contributed by atoms with Crippen molar-refractivity contribution in [3.05, 3.63) is 54.1 Å². The number of amides is 1. The number of hydrogen-bond acceptors (Lipinski definition) is 5. The van der Waals surface area contributed by atoms with Gasteiger partial charge in [-0.3, -0.25) is 4.79 Å². The molecule has 2 aromatic carbocycles. The van der Waals surface area contributed by atoms with Gasteiger partial charge < -0.3 is 9.47 Å². The minimum Gasteiger partial charge on any atom is -0.324 e. The average molecular weight is 418 g/mol. The summed E-state index contributed by atoms with van der Waals surface area (Å²) in [6.07, 6.45) is 2.01. The van der Waals surface area contributed by atoms with Crippen molar-refractivity contribution in [1.82, 2.24) is 19.7 Å². The van der Waals surface area contributed by atoms with Gasteiger partial charge in [0.25, 0.3) is 0 Å². The van der Waals surface area contributed by atoms with E-state index in [2.05, 4.69) is 33.8 Å². The van der Waals surface area contributed by atoms with Crippen LogP contribution in [0.4, 0.5) is 5.69 Å². The van der Waals surface area contributed by atoms with Crippen molar-refractivity contribution in [1.29, 1.82) is 0 Å². The number of hydrogen-bond donors (Lipinski definition) is 0. The van der Waals surface area contributed by atoms with Crippen molar-refractivity contribution in [2.45, 2.75) is 43.6 Å². The van der Waals surface area contributed by atoms with E-state index < -0.39 is 0 Å². The monoisotopic (exact) mass is 417 g/mol. The Morgan fingerprint density at radius 1 is 1.13 bits per heavy atom. The molecule has 0 bridgehead atoms. The summed E-state index contributed by atoms with van der Waals surface area (Å²) in [6.45, 7) is 5.57. The number of thioether (sulfide) groups is 1. The SMILES string of the molecule is CCn1c2ccccc2c2nnc(SC(C)C(=O)N3CCCc4ccccc43)nc21. The van der Waals surface area contributed by atoms with Crippen LogP contribution in [0.1, 0.15) is 25.8 Å². The van der Waals surface area contributed by atoms with E-state index in [9.17, 15) is 4.79 Å². The third-order valence-corrected chi connectivity index (χ3v) is 6.62. The lowest BCUT2D eigenvalue weighted by Gasteiger charge is -2.31. The third kappa shape index (κ3) is 3.13. The van der Waals surface area contributed by atoms with Crippen molar-refractivity contribution in [3.63, 3.8) is 0 Å². The largest absolute Gasteiger partial charge is 0.324 e. The Kier molecular flexibility index (Phi) is 4.90. The van der Waals surface area contributed by atoms with Gasteiger partial charge in [-0.05, 0) is 44.4 Å². The Labute approximate surface area is 179 Å². The molecule has 30 heavy (non-hydrogen) atoms. The number of nitrogens with zero attached hydrogens (tertiary/aromatic N) is 5. The molecule has 0 aliphatic carbocycles. The predicted molar refractivity (Wildman–Crippen MR) is 121 cm³/mol. The lowest BCUT2D eigenvalue weighted by atomic mass is 10.0. The maximum absolute atomic E-state index is 13.2. The number of fused-ring (bicyclic) bond motifs is 4. The van der Waals surface area contributed by atoms with Gasteiger partial charge in [-0.2, -0.15) is 0 Å². The van der Waals surface area contributed by atoms with E-state index in [1.165, 1.54) is 17.3 Å². The maximum atomic E-state index is 13.2. The van der Waals surface area contributed by atoms with E-state index >= 15 is 0 Å². The minimum absolute atomic E-state index is 0.0897. The highest BCUT2D eigenvalue weighted by Crippen LogP contribution is 2.31. The molecule has 0 saturated heterocycles. The van der Waals surface area contributed by atoms with Gasteiger partial charge in [0.1, 0.15) is 5.52 Å². The number of aromatic nitrogens is 4. The normalized spacial score (nSPS) is 14.8. The van der Waals surface area contributed by atoms with Crippen LogP contribution in [0.5, 0.6) is 0 Å². The molecule has 1 unspecified atom stereocenters. The molecule has 0 spiro atoms. The van der Waals surface area contributed by atoms with E-state index in [4.69, 9.17) is 4.98 Å². The zero-order valence-corrected chi connectivity index (χ0v) is 17.9. The molecule has 0 saturated carbocycles. The Morgan fingerprint density at radius 3 is 2.80 bits per heavy atom. The van der Waals surface area contributed by atoms with Gasteiger partial charge in [-0.15, -0.1) is 10.2 Å². The van der Waals surface area contributed by atoms with E-state index in [1.807, 2.05) is 48.2 Å². The summed E-state index contributed by atoms with van der Waals surface area (Å²) in [7, 11) is 0. The van der Waals surface area contributed by atoms with E-state index in [1.54, 1.807) is 0 Å². The number of carbonyl (C=O) groups is 1. The van der Waals surface area contributed by atoms with Crippen molar-refractivity contribution >= 4 is 45.4 Å². The average Bonchev–Trinajstić information content (AvgIpc) is 3.11. The van der Waals surface area contributed by atoms with Crippen LogP contribution in [0.25, 0.3) is 22.1 Å². The molecule has 1 atom stereocenters. The van der Waals surface area contributed by atoms with Crippen LogP contribution in [-0.2, 0) is 17.8 Å². The predicted octanol–water partition coefficient (Wildman–Crippen LogP) is 4.46. The Bertz CT molecular complexity index is 1250. The molecule has 5 rings (SSSR count). The van der Waals surface area contributed by atoms with Gasteiger partial charge in [0, 0.05) is 24.2 Å². The molecule has 4 aromatic rings. The summed E-state index contributed by atoms with van der Waals surface area (Å²) in [5, 5.41) is 10.1. The summed E-state index contributed by atoms with van der Waals surface area (Å²) in [5.41, 5.74) is 5.00. The van der Waals surface area contributed by atoms with Crippen LogP contribution < -0.4 is 4.90 Å². The van der Waals surface area contributed by atoms with Crippen molar-refractivity contribution in [2.24, 2.45) is 0 Å². The van der Waals surface area contributed by atoms with Gasteiger partial charge in [0.2, 0.25) is 11.1 Å². The lowest BCUT2D eigenvalue weighted by Crippen LogP contribution is -2.40. The fraction of sp³-hybridized carbons (Fsp3) is 0.304. The number of aryl methyl sites for hydroxylation is 2. The number of rotatable bonds is 4. The molecular weight excluding hydrogens is 394 g/mol. The minimum atomic E-state index is -0.296. The quantitative estimate of drug-likeness (QED) is 0.459. The standard InChI is InChI=1S/C23H23N5OS/c1-3-27-19-13-7-5-11-17(19)20-21(27)24-23(26-25-20)30-15(2)22(29)28-14-8-10-16-9-4-6-12-18(16)28/h4-7,9,11-13,15H,3,8,10,14H2,1-2H3. The van der Waals surface area contributed by atoms with Crippen molar-refractivity contribution in [3.8, 4) is 0 Å². The highest BCUT2D eigenvalue weighted by Gasteiger charge is 2.27. The van der Waals surface area contributed by atoms with Gasteiger partial charge in [-0.25, -0.2) is 4.98 Å². The zero-order chi connectivity index (χ0) is 20.7. The fourth-order valence-corrected chi connectivity index (χ4v) is 5.02. The second-order valence-electron chi connectivity index (χ2n) is 7.51. The molecule has 0 fully saturated rings. The van der Waals surface area contributed by atoms with Crippen molar-refractivity contribution < 1.29 is 4.79 Å². The maximum Gasteiger partial charge on any atom is 0.240 e. The Morgan fingerprint density at radius 2 is 1.93 bits per heavy atom. The van der Waals surface area contributed by atoms with Gasteiger partial charge >= 0.3 is 0 Å². The first-order valence-corrected chi connectivity index (χ1v) is 11.2. The summed E-state index contributed by atoms with van der Waals surface area (Å²) in [4.78, 5) is 19.9. The summed E-state index contributed by atoms with van der Waals surface area (Å²) < 4.78 is 2.15. The molecule has 7 heteroatoms. The Balaban J connectivity index is 1.44. The number of para-hydroxylation sites is 2. The second-order valence-corrected chi connectivity index (χ2v) is 8.82. The molecule has 0 radical (unpaired) electrons. The van der Waals surface area contributed by atoms with Crippen LogP contribution in [-0.4, -0.2) is 37.5 Å². The number of benzene rings is 2. The summed E-state index contributed by atoms with van der Waals surface area (Å²) in [5.74, 6) is 0.0897. The topological polar surface area (TPSA) is 63.9 Å². The fourth-order valence-electron chi connectivity index (χ4n) is 4.25. The summed E-state index contributed by atoms with van der Waals surface area (Å²) in [6, 6.07) is 16.3. The molecule has 2 aromatic heterocycles. The first kappa shape index (κ1) is 19.1. The van der Waals surface area contributed by atoms with Crippen LogP contribution in [0, 0.1) is 0 Å². The first-order valence-electron chi connectivity index (χ1n) is 10.3. The molecule has 1 aliphatic rings. The lowest BCUT2D eigenvalue weighted by molar-refractivity contribution is -0.117. The number of anilines is 1. The highest BCUT2D eigenvalue weighted by molar-refractivity contribution is 8.00. The Hall–Kier alpha value is -2.93. The van der Waals surface area contributed by atoms with E-state index in [0.717, 1.165) is 53.7 Å². The molecule has 3 heterocycles. The first-order chi connectivity index (χ1) is 14.7. The molecule has 1 amide bonds. The molecule has 1 aliphatic heterocycles. The van der Waals surface area contributed by atoms with Gasteiger partial charge in [0.05, 0.1) is 10.8 Å². The van der Waals surface area contributed by atoms with E-state index in [-0.39, 0.29) is 11.2 Å². The van der Waals surface area contributed by atoms with Crippen LogP contribution >= 0.6 is 11.8 Å². The van der Waals surface area contributed by atoms with Crippen LogP contribution in [0.15, 0.2) is 53.7 Å². The zero-order valence-electron chi connectivity index (χ0n) is 17.1. The van der Waals surface area contributed by atoms with Crippen LogP contribution in [0.2, 0.25) is 0 Å². The second kappa shape index (κ2) is 7.72. The smallest absolute Gasteiger partial charge is 0.240 e. The summed E-state index contributed by atoms with van der Waals surface area (Å²) >= 11 is 1.37. The van der Waals surface area contributed by atoms with Crippen LogP contribution in [0.3, 0.4) is 0 Å². The molecule has 152 valence electrons. The van der Waals surface area contributed by atoms with Gasteiger partial charge in [0.15, 0.2) is 5.65 Å². The van der Waals surface area contributed by atoms with E-state index in [0.29, 0.717) is 5.16 Å². The molecular formula is C23H23N5OS. The molecule has 0 N–H and O–H groups in total. The van der Waals surface area contributed by atoms with Gasteiger partial charge in [-0.1, -0.05) is 48.2 Å². The highest BCUT2D eigenvalue weighted by atomic mass is 32.2. The third-order valence-electron chi connectivity index (χ3n) is 5.68. The molecule has 6 nitrogen and oxygen atoms in total.